The van der Waals surface area contributed by atoms with Crippen LogP contribution in [0, 0.1) is 46.3 Å². The third-order valence-electron chi connectivity index (χ3n) is 12.0. The zero-order valence-electron chi connectivity index (χ0n) is 20.1. The van der Waals surface area contributed by atoms with Crippen LogP contribution in [-0.2, 0) is 9.47 Å². The van der Waals surface area contributed by atoms with E-state index in [4.69, 9.17) is 9.47 Å². The van der Waals surface area contributed by atoms with Crippen LogP contribution in [0.2, 0.25) is 0 Å². The molecule has 31 heavy (non-hydrogen) atoms. The van der Waals surface area contributed by atoms with E-state index >= 15 is 0 Å². The molecule has 6 aliphatic rings. The summed E-state index contributed by atoms with van der Waals surface area (Å²) < 4.78 is 13.3. The zero-order valence-corrected chi connectivity index (χ0v) is 20.1. The maximum atomic E-state index is 11.7. The van der Waals surface area contributed by atoms with E-state index < -0.39 is 5.60 Å². The first-order valence-electron chi connectivity index (χ1n) is 13.3. The van der Waals surface area contributed by atoms with Crippen molar-refractivity contribution in [3.8, 4) is 0 Å². The third kappa shape index (κ3) is 2.68. The largest absolute Gasteiger partial charge is 0.393 e. The molecule has 0 unspecified atom stereocenters. The Morgan fingerprint density at radius 2 is 1.71 bits per heavy atom. The van der Waals surface area contributed by atoms with E-state index in [9.17, 15) is 10.2 Å². The van der Waals surface area contributed by atoms with E-state index in [1.807, 2.05) is 0 Å². The topological polar surface area (TPSA) is 58.9 Å². The van der Waals surface area contributed by atoms with Crippen molar-refractivity contribution in [2.24, 2.45) is 46.3 Å². The molecule has 0 aromatic rings. The van der Waals surface area contributed by atoms with Gasteiger partial charge in [0.15, 0.2) is 5.79 Å². The molecule has 4 saturated carbocycles. The fraction of sp³-hybridized carbons (Fsp3) is 1.00. The van der Waals surface area contributed by atoms with Crippen molar-refractivity contribution in [2.75, 3.05) is 6.61 Å². The second-order valence-corrected chi connectivity index (χ2v) is 13.3. The molecule has 0 aromatic carbocycles. The van der Waals surface area contributed by atoms with Gasteiger partial charge in [0.2, 0.25) is 0 Å². The minimum atomic E-state index is -0.672. The Bertz CT molecular complexity index is 731. The predicted molar refractivity (Wildman–Crippen MR) is 119 cm³/mol. The summed E-state index contributed by atoms with van der Waals surface area (Å²) in [5, 5.41) is 22.0. The van der Waals surface area contributed by atoms with Gasteiger partial charge in [0.1, 0.15) is 0 Å². The number of aliphatic hydroxyl groups is 2. The quantitative estimate of drug-likeness (QED) is 0.571. The number of aliphatic hydroxyl groups excluding tert-OH is 1. The third-order valence-corrected chi connectivity index (χ3v) is 12.0. The second kappa shape index (κ2) is 6.71. The van der Waals surface area contributed by atoms with Crippen molar-refractivity contribution in [1.29, 1.82) is 0 Å². The summed E-state index contributed by atoms with van der Waals surface area (Å²) in [5.41, 5.74) is -0.375. The SMILES string of the molecule is C[C@@H]1CC[C@@]2(OC1)O[C@H]1C[C@@H]3[C@@H]4CC[C@@]5(O)C[C@@H](O)CC[C@]5(C)[C@H]4CC[C@]3(C)[C@H]1[C@@H]2C. The van der Waals surface area contributed by atoms with E-state index in [-0.39, 0.29) is 17.3 Å². The average Bonchev–Trinajstić information content (AvgIpc) is 3.16. The highest BCUT2D eigenvalue weighted by atomic mass is 16.7. The lowest BCUT2D eigenvalue weighted by molar-refractivity contribution is -0.274. The molecule has 4 nitrogen and oxygen atoms in total. The molecule has 0 radical (unpaired) electrons. The molecule has 0 bridgehead atoms. The van der Waals surface area contributed by atoms with Crippen molar-refractivity contribution in [2.45, 2.75) is 115 Å². The molecule has 2 aliphatic heterocycles. The molecule has 2 heterocycles. The highest BCUT2D eigenvalue weighted by molar-refractivity contribution is 5.17. The first kappa shape index (κ1) is 21.4. The Morgan fingerprint density at radius 1 is 0.903 bits per heavy atom. The van der Waals surface area contributed by atoms with Gasteiger partial charge in [-0.05, 0) is 91.8 Å². The van der Waals surface area contributed by atoms with Crippen LogP contribution in [0.1, 0.15) is 91.9 Å². The van der Waals surface area contributed by atoms with E-state index in [1.165, 1.54) is 25.7 Å². The molecular formula is C27H44O4. The van der Waals surface area contributed by atoms with E-state index in [1.54, 1.807) is 0 Å². The summed E-state index contributed by atoms with van der Waals surface area (Å²) in [6, 6.07) is 0. The van der Waals surface area contributed by atoms with Crippen molar-refractivity contribution in [1.82, 2.24) is 0 Å². The molecule has 1 spiro atoms. The highest BCUT2D eigenvalue weighted by Gasteiger charge is 2.70. The molecule has 6 fully saturated rings. The Balaban J connectivity index is 1.27. The summed E-state index contributed by atoms with van der Waals surface area (Å²) >= 11 is 0. The van der Waals surface area contributed by atoms with Gasteiger partial charge in [0, 0.05) is 18.8 Å². The minimum absolute atomic E-state index is 0.0372. The normalized spacial score (nSPS) is 63.3. The summed E-state index contributed by atoms with van der Waals surface area (Å²) in [5.74, 6) is 3.39. The molecule has 0 amide bonds. The van der Waals surface area contributed by atoms with Gasteiger partial charge in [-0.25, -0.2) is 0 Å². The smallest absolute Gasteiger partial charge is 0.171 e. The molecule has 2 N–H and O–H groups in total. The Hall–Kier alpha value is -0.160. The first-order chi connectivity index (χ1) is 14.6. The van der Waals surface area contributed by atoms with Crippen LogP contribution >= 0.6 is 0 Å². The van der Waals surface area contributed by atoms with Gasteiger partial charge in [-0.2, -0.15) is 0 Å². The fourth-order valence-corrected chi connectivity index (χ4v) is 10.2. The first-order valence-corrected chi connectivity index (χ1v) is 13.3. The average molecular weight is 433 g/mol. The number of rotatable bonds is 0. The molecule has 6 rings (SSSR count). The molecule has 176 valence electrons. The van der Waals surface area contributed by atoms with Crippen LogP contribution in [0.4, 0.5) is 0 Å². The van der Waals surface area contributed by atoms with Crippen molar-refractivity contribution < 1.29 is 19.7 Å². The van der Waals surface area contributed by atoms with Crippen molar-refractivity contribution in [3.05, 3.63) is 0 Å². The lowest BCUT2D eigenvalue weighted by Crippen LogP contribution is -2.63. The Labute approximate surface area is 188 Å². The monoisotopic (exact) mass is 432 g/mol. The van der Waals surface area contributed by atoms with Gasteiger partial charge in [0.05, 0.1) is 24.4 Å². The van der Waals surface area contributed by atoms with Gasteiger partial charge in [-0.15, -0.1) is 0 Å². The van der Waals surface area contributed by atoms with Gasteiger partial charge in [-0.3, -0.25) is 0 Å². The van der Waals surface area contributed by atoms with Gasteiger partial charge >= 0.3 is 0 Å². The van der Waals surface area contributed by atoms with E-state index in [0.29, 0.717) is 53.4 Å². The summed E-state index contributed by atoms with van der Waals surface area (Å²) in [6.07, 6.45) is 10.4. The standard InChI is InChI=1S/C27H44O4/c1-16-5-12-27(30-15-16)17(2)23-22(31-27)13-21-19-7-11-26(29)14-18(28)6-10-25(26,4)20(19)8-9-24(21,23)3/h16-23,28-29H,5-15H2,1-4H3/t16-,17+,18+,19-,20+,21-,22+,23+,24+,25-,26-,27-/m1/s1. The highest BCUT2D eigenvalue weighted by Crippen LogP contribution is 2.71. The lowest BCUT2D eigenvalue weighted by Gasteiger charge is -2.64. The van der Waals surface area contributed by atoms with E-state index in [0.717, 1.165) is 38.7 Å². The molecule has 2 saturated heterocycles. The number of hydrogen-bond donors (Lipinski definition) is 2. The van der Waals surface area contributed by atoms with Gasteiger partial charge in [0.25, 0.3) is 0 Å². The number of fused-ring (bicyclic) bond motifs is 7. The summed E-state index contributed by atoms with van der Waals surface area (Å²) in [7, 11) is 0. The molecule has 4 aliphatic carbocycles. The van der Waals surface area contributed by atoms with Crippen molar-refractivity contribution >= 4 is 0 Å². The molecular weight excluding hydrogens is 388 g/mol. The molecule has 0 aromatic heterocycles. The zero-order chi connectivity index (χ0) is 21.8. The summed E-state index contributed by atoms with van der Waals surface area (Å²) in [4.78, 5) is 0. The van der Waals surface area contributed by atoms with Crippen LogP contribution < -0.4 is 0 Å². The Morgan fingerprint density at radius 3 is 2.45 bits per heavy atom. The van der Waals surface area contributed by atoms with Crippen LogP contribution in [0.5, 0.6) is 0 Å². The lowest BCUT2D eigenvalue weighted by atomic mass is 9.43. The van der Waals surface area contributed by atoms with Crippen LogP contribution in [-0.4, -0.2) is 40.4 Å². The minimum Gasteiger partial charge on any atom is -0.393 e. The number of hydrogen-bond acceptors (Lipinski definition) is 4. The fourth-order valence-electron chi connectivity index (χ4n) is 10.2. The maximum Gasteiger partial charge on any atom is 0.171 e. The van der Waals surface area contributed by atoms with Crippen molar-refractivity contribution in [3.63, 3.8) is 0 Å². The van der Waals surface area contributed by atoms with Crippen LogP contribution in [0.25, 0.3) is 0 Å². The van der Waals surface area contributed by atoms with E-state index in [2.05, 4.69) is 27.7 Å². The van der Waals surface area contributed by atoms with Crippen LogP contribution in [0.3, 0.4) is 0 Å². The van der Waals surface area contributed by atoms with Gasteiger partial charge < -0.3 is 19.7 Å². The van der Waals surface area contributed by atoms with Gasteiger partial charge in [-0.1, -0.05) is 27.7 Å². The maximum absolute atomic E-state index is 11.7. The molecule has 4 heteroatoms. The predicted octanol–water partition coefficient (Wildman–Crippen LogP) is 4.91. The van der Waals surface area contributed by atoms with Crippen LogP contribution in [0.15, 0.2) is 0 Å². The number of ether oxygens (including phenoxy) is 2. The second-order valence-electron chi connectivity index (χ2n) is 13.3. The summed E-state index contributed by atoms with van der Waals surface area (Å²) in [6.45, 7) is 10.5. The Kier molecular flexibility index (Phi) is 4.62. The molecule has 12 atom stereocenters.